The summed E-state index contributed by atoms with van der Waals surface area (Å²) in [5.74, 6) is 0.747. The maximum Gasteiger partial charge on any atom is 0.125 e. The summed E-state index contributed by atoms with van der Waals surface area (Å²) >= 11 is 5.89. The summed E-state index contributed by atoms with van der Waals surface area (Å²) in [5, 5.41) is 5.21. The van der Waals surface area contributed by atoms with Crippen molar-refractivity contribution in [1.82, 2.24) is 9.78 Å². The van der Waals surface area contributed by atoms with Gasteiger partial charge in [0, 0.05) is 23.2 Å². The fourth-order valence-corrected chi connectivity index (χ4v) is 2.04. The highest BCUT2D eigenvalue weighted by atomic mass is 35.5. The van der Waals surface area contributed by atoms with Crippen LogP contribution < -0.4 is 5.73 Å². The van der Waals surface area contributed by atoms with Crippen LogP contribution in [0, 0.1) is 0 Å². The first-order chi connectivity index (χ1) is 8.13. The maximum absolute atomic E-state index is 6.03. The number of aryl methyl sites for hydroxylation is 1. The van der Waals surface area contributed by atoms with E-state index in [1.165, 1.54) is 0 Å². The SMILES string of the molecule is CCCc1c(-c2ccc(Cl)cc2)nn(C)c1N. The number of rotatable bonds is 3. The lowest BCUT2D eigenvalue weighted by Crippen LogP contribution is -1.99. The van der Waals surface area contributed by atoms with Crippen molar-refractivity contribution in [3.8, 4) is 11.3 Å². The zero-order valence-electron chi connectivity index (χ0n) is 10.1. The van der Waals surface area contributed by atoms with Gasteiger partial charge in [0.25, 0.3) is 0 Å². The van der Waals surface area contributed by atoms with E-state index in [0.717, 1.165) is 40.5 Å². The Labute approximate surface area is 106 Å². The first-order valence-electron chi connectivity index (χ1n) is 5.70. The number of aromatic nitrogens is 2. The van der Waals surface area contributed by atoms with Crippen LogP contribution in [0.2, 0.25) is 5.02 Å². The molecule has 0 radical (unpaired) electrons. The van der Waals surface area contributed by atoms with Crippen LogP contribution >= 0.6 is 11.6 Å². The van der Waals surface area contributed by atoms with Crippen LogP contribution in [-0.2, 0) is 13.5 Å². The van der Waals surface area contributed by atoms with E-state index < -0.39 is 0 Å². The predicted molar refractivity (Wildman–Crippen MR) is 72.1 cm³/mol. The van der Waals surface area contributed by atoms with Gasteiger partial charge in [0.15, 0.2) is 0 Å². The average molecular weight is 250 g/mol. The number of benzene rings is 1. The van der Waals surface area contributed by atoms with Crippen molar-refractivity contribution in [3.63, 3.8) is 0 Å². The fraction of sp³-hybridized carbons (Fsp3) is 0.308. The number of hydrogen-bond acceptors (Lipinski definition) is 2. The summed E-state index contributed by atoms with van der Waals surface area (Å²) in [6.45, 7) is 2.14. The molecule has 1 aromatic heterocycles. The number of hydrogen-bond donors (Lipinski definition) is 1. The highest BCUT2D eigenvalue weighted by Gasteiger charge is 2.14. The zero-order valence-corrected chi connectivity index (χ0v) is 10.8. The van der Waals surface area contributed by atoms with Gasteiger partial charge < -0.3 is 5.73 Å². The third kappa shape index (κ3) is 2.29. The molecule has 2 aromatic rings. The molecule has 0 amide bonds. The van der Waals surface area contributed by atoms with Gasteiger partial charge in [0.1, 0.15) is 5.82 Å². The van der Waals surface area contributed by atoms with Crippen LogP contribution in [0.1, 0.15) is 18.9 Å². The molecule has 0 atom stereocenters. The molecule has 0 bridgehead atoms. The van der Waals surface area contributed by atoms with Gasteiger partial charge in [-0.15, -0.1) is 0 Å². The lowest BCUT2D eigenvalue weighted by Gasteiger charge is -2.02. The first-order valence-corrected chi connectivity index (χ1v) is 6.08. The minimum absolute atomic E-state index is 0.731. The molecule has 0 aliphatic rings. The summed E-state index contributed by atoms with van der Waals surface area (Å²) in [5.41, 5.74) is 9.18. The molecule has 17 heavy (non-hydrogen) atoms. The molecule has 0 saturated carbocycles. The molecule has 2 N–H and O–H groups in total. The number of nitrogen functional groups attached to an aromatic ring is 1. The fourth-order valence-electron chi connectivity index (χ4n) is 1.92. The Hall–Kier alpha value is -1.48. The molecule has 0 aliphatic heterocycles. The molecule has 1 aromatic carbocycles. The van der Waals surface area contributed by atoms with Crippen LogP contribution in [0.25, 0.3) is 11.3 Å². The number of anilines is 1. The minimum Gasteiger partial charge on any atom is -0.384 e. The van der Waals surface area contributed by atoms with Crippen molar-refractivity contribution in [2.24, 2.45) is 7.05 Å². The van der Waals surface area contributed by atoms with E-state index in [1.54, 1.807) is 4.68 Å². The summed E-state index contributed by atoms with van der Waals surface area (Å²) in [6, 6.07) is 7.70. The summed E-state index contributed by atoms with van der Waals surface area (Å²) in [7, 11) is 1.87. The van der Waals surface area contributed by atoms with Gasteiger partial charge in [-0.3, -0.25) is 4.68 Å². The van der Waals surface area contributed by atoms with Crippen LogP contribution in [0.15, 0.2) is 24.3 Å². The van der Waals surface area contributed by atoms with Gasteiger partial charge in [0.2, 0.25) is 0 Å². The minimum atomic E-state index is 0.731. The van der Waals surface area contributed by atoms with Gasteiger partial charge >= 0.3 is 0 Å². The lowest BCUT2D eigenvalue weighted by molar-refractivity contribution is 0.781. The third-order valence-electron chi connectivity index (χ3n) is 2.81. The van der Waals surface area contributed by atoms with Crippen LogP contribution in [0.4, 0.5) is 5.82 Å². The second-order valence-corrected chi connectivity index (χ2v) is 4.53. The molecule has 0 unspecified atom stereocenters. The van der Waals surface area contributed by atoms with Crippen molar-refractivity contribution in [1.29, 1.82) is 0 Å². The molecule has 0 spiro atoms. The molecule has 1 heterocycles. The smallest absolute Gasteiger partial charge is 0.125 e. The highest BCUT2D eigenvalue weighted by Crippen LogP contribution is 2.28. The van der Waals surface area contributed by atoms with Crippen molar-refractivity contribution < 1.29 is 0 Å². The number of nitrogens with zero attached hydrogens (tertiary/aromatic N) is 2. The van der Waals surface area contributed by atoms with E-state index in [9.17, 15) is 0 Å². The summed E-state index contributed by atoms with van der Waals surface area (Å²) in [4.78, 5) is 0. The lowest BCUT2D eigenvalue weighted by atomic mass is 10.0. The zero-order chi connectivity index (χ0) is 12.4. The molecular formula is C13H16ClN3. The normalized spacial score (nSPS) is 10.8. The molecule has 0 fully saturated rings. The predicted octanol–water partition coefficient (Wildman–Crippen LogP) is 3.28. The summed E-state index contributed by atoms with van der Waals surface area (Å²) in [6.07, 6.45) is 1.99. The Kier molecular flexibility index (Phi) is 3.38. The standard InChI is InChI=1S/C13H16ClN3/c1-3-4-11-12(16-17(2)13(11)15)9-5-7-10(14)8-6-9/h5-8H,3-4,15H2,1-2H3. The molecule has 90 valence electrons. The van der Waals surface area contributed by atoms with E-state index in [4.69, 9.17) is 17.3 Å². The second kappa shape index (κ2) is 4.80. The molecule has 2 rings (SSSR count). The Morgan fingerprint density at radius 3 is 2.53 bits per heavy atom. The van der Waals surface area contributed by atoms with Crippen molar-refractivity contribution in [2.45, 2.75) is 19.8 Å². The number of halogens is 1. The number of nitrogens with two attached hydrogens (primary N) is 1. The van der Waals surface area contributed by atoms with E-state index in [0.29, 0.717) is 0 Å². The van der Waals surface area contributed by atoms with Gasteiger partial charge in [-0.25, -0.2) is 0 Å². The van der Waals surface area contributed by atoms with Gasteiger partial charge in [-0.05, 0) is 18.6 Å². The quantitative estimate of drug-likeness (QED) is 0.907. The highest BCUT2D eigenvalue weighted by molar-refractivity contribution is 6.30. The molecule has 0 aliphatic carbocycles. The van der Waals surface area contributed by atoms with Crippen molar-refractivity contribution in [3.05, 3.63) is 34.9 Å². The third-order valence-corrected chi connectivity index (χ3v) is 3.06. The molecular weight excluding hydrogens is 234 g/mol. The Morgan fingerprint density at radius 1 is 1.29 bits per heavy atom. The Morgan fingerprint density at radius 2 is 1.94 bits per heavy atom. The summed E-state index contributed by atoms with van der Waals surface area (Å²) < 4.78 is 1.73. The Balaban J connectivity index is 2.50. The molecule has 0 saturated heterocycles. The van der Waals surface area contributed by atoms with E-state index >= 15 is 0 Å². The van der Waals surface area contributed by atoms with Gasteiger partial charge in [-0.1, -0.05) is 37.1 Å². The van der Waals surface area contributed by atoms with E-state index in [2.05, 4.69) is 12.0 Å². The topological polar surface area (TPSA) is 43.8 Å². The van der Waals surface area contributed by atoms with Crippen molar-refractivity contribution >= 4 is 17.4 Å². The first kappa shape index (κ1) is 12.0. The second-order valence-electron chi connectivity index (χ2n) is 4.09. The van der Waals surface area contributed by atoms with E-state index in [-0.39, 0.29) is 0 Å². The van der Waals surface area contributed by atoms with Crippen LogP contribution in [0.3, 0.4) is 0 Å². The van der Waals surface area contributed by atoms with Gasteiger partial charge in [0.05, 0.1) is 5.69 Å². The van der Waals surface area contributed by atoms with E-state index in [1.807, 2.05) is 31.3 Å². The molecule has 4 heteroatoms. The maximum atomic E-state index is 6.03. The average Bonchev–Trinajstić information content (AvgIpc) is 2.59. The Bertz CT molecular complexity index is 514. The van der Waals surface area contributed by atoms with Crippen LogP contribution in [0.5, 0.6) is 0 Å². The largest absolute Gasteiger partial charge is 0.384 e. The van der Waals surface area contributed by atoms with Crippen LogP contribution in [-0.4, -0.2) is 9.78 Å². The monoisotopic (exact) mass is 249 g/mol. The van der Waals surface area contributed by atoms with Crippen molar-refractivity contribution in [2.75, 3.05) is 5.73 Å². The van der Waals surface area contributed by atoms with Gasteiger partial charge in [-0.2, -0.15) is 5.10 Å². The molecule has 3 nitrogen and oxygen atoms in total.